The zero-order valence-corrected chi connectivity index (χ0v) is 16.8. The molecule has 10 heteroatoms. The molecule has 2 N–H and O–H groups in total. The van der Waals surface area contributed by atoms with Gasteiger partial charge in [0, 0.05) is 11.4 Å². The largest absolute Gasteiger partial charge is 0.494 e. The molecule has 0 saturated carbocycles. The van der Waals surface area contributed by atoms with E-state index in [1.54, 1.807) is 30.3 Å². The molecule has 152 valence electrons. The minimum Gasteiger partial charge on any atom is -0.494 e. The zero-order chi connectivity index (χ0) is 21.1. The van der Waals surface area contributed by atoms with Crippen LogP contribution in [0, 0.1) is 5.82 Å². The molecule has 0 fully saturated rings. The summed E-state index contributed by atoms with van der Waals surface area (Å²) in [6.45, 7) is 0. The van der Waals surface area contributed by atoms with E-state index in [4.69, 9.17) is 4.74 Å². The summed E-state index contributed by atoms with van der Waals surface area (Å²) in [4.78, 5) is -0.335. The third-order valence-corrected chi connectivity index (χ3v) is 6.65. The number of halogens is 1. The van der Waals surface area contributed by atoms with Crippen LogP contribution >= 0.6 is 0 Å². The van der Waals surface area contributed by atoms with Gasteiger partial charge >= 0.3 is 0 Å². The lowest BCUT2D eigenvalue weighted by Crippen LogP contribution is -2.14. The second-order valence-electron chi connectivity index (χ2n) is 5.90. The van der Waals surface area contributed by atoms with Crippen LogP contribution in [-0.4, -0.2) is 23.9 Å². The molecule has 0 unspecified atom stereocenters. The Morgan fingerprint density at radius 2 is 1.24 bits per heavy atom. The topological polar surface area (TPSA) is 102 Å². The van der Waals surface area contributed by atoms with E-state index in [1.165, 1.54) is 43.5 Å². The molecule has 0 spiro atoms. The Balaban J connectivity index is 1.79. The summed E-state index contributed by atoms with van der Waals surface area (Å²) in [6.07, 6.45) is 0. The lowest BCUT2D eigenvalue weighted by atomic mass is 10.3. The van der Waals surface area contributed by atoms with Crippen LogP contribution in [0.2, 0.25) is 0 Å². The van der Waals surface area contributed by atoms with Crippen LogP contribution in [-0.2, 0) is 20.0 Å². The summed E-state index contributed by atoms with van der Waals surface area (Å²) in [5, 5.41) is 0. The van der Waals surface area contributed by atoms with Crippen molar-refractivity contribution in [2.75, 3.05) is 16.6 Å². The number of anilines is 2. The Bertz CT molecular complexity index is 1210. The van der Waals surface area contributed by atoms with Gasteiger partial charge in [-0.2, -0.15) is 0 Å². The van der Waals surface area contributed by atoms with Gasteiger partial charge in [-0.1, -0.05) is 18.2 Å². The van der Waals surface area contributed by atoms with Gasteiger partial charge in [-0.15, -0.1) is 0 Å². The first-order valence-corrected chi connectivity index (χ1v) is 11.2. The van der Waals surface area contributed by atoms with Gasteiger partial charge in [0.25, 0.3) is 20.0 Å². The molecule has 0 aliphatic carbocycles. The number of hydrogen-bond donors (Lipinski definition) is 2. The number of hydrogen-bond acceptors (Lipinski definition) is 5. The maximum absolute atomic E-state index is 13.8. The third kappa shape index (κ3) is 4.84. The first-order chi connectivity index (χ1) is 13.7. The number of methoxy groups -OCH3 is 1. The van der Waals surface area contributed by atoms with Crippen molar-refractivity contribution < 1.29 is 26.0 Å². The number of benzene rings is 3. The standard InChI is InChI=1S/C19H17FN2O5S2/c1-27-19-12-11-17(13-18(19)20)29(25,26)22-15-7-9-16(10-8-15)28(23,24)21-14-5-3-2-4-6-14/h2-13,21-22H,1H3. The molecule has 0 aliphatic rings. The molecule has 3 aromatic rings. The van der Waals surface area contributed by atoms with Crippen LogP contribution in [0.1, 0.15) is 0 Å². The minimum absolute atomic E-state index is 0.0419. The lowest BCUT2D eigenvalue weighted by molar-refractivity contribution is 0.385. The van der Waals surface area contributed by atoms with E-state index in [9.17, 15) is 21.2 Å². The van der Waals surface area contributed by atoms with Gasteiger partial charge in [0.2, 0.25) is 0 Å². The first kappa shape index (κ1) is 20.6. The van der Waals surface area contributed by atoms with Gasteiger partial charge in [-0.3, -0.25) is 9.44 Å². The smallest absolute Gasteiger partial charge is 0.262 e. The average molecular weight is 436 g/mol. The van der Waals surface area contributed by atoms with Crippen molar-refractivity contribution in [2.45, 2.75) is 9.79 Å². The van der Waals surface area contributed by atoms with Crippen molar-refractivity contribution in [1.82, 2.24) is 0 Å². The second-order valence-corrected chi connectivity index (χ2v) is 9.26. The predicted octanol–water partition coefficient (Wildman–Crippen LogP) is 3.44. The van der Waals surface area contributed by atoms with Crippen molar-refractivity contribution in [1.29, 1.82) is 0 Å². The third-order valence-electron chi connectivity index (χ3n) is 3.88. The number of para-hydroxylation sites is 1. The fraction of sp³-hybridized carbons (Fsp3) is 0.0526. The summed E-state index contributed by atoms with van der Waals surface area (Å²) in [7, 11) is -6.63. The quantitative estimate of drug-likeness (QED) is 0.591. The zero-order valence-electron chi connectivity index (χ0n) is 15.2. The highest BCUT2D eigenvalue weighted by molar-refractivity contribution is 7.93. The number of sulfonamides is 2. The van der Waals surface area contributed by atoms with Gasteiger partial charge in [0.15, 0.2) is 11.6 Å². The molecule has 3 aromatic carbocycles. The fourth-order valence-electron chi connectivity index (χ4n) is 2.45. The number of ether oxygens (including phenoxy) is 1. The van der Waals surface area contributed by atoms with E-state index >= 15 is 0 Å². The van der Waals surface area contributed by atoms with Gasteiger partial charge in [-0.25, -0.2) is 21.2 Å². The maximum atomic E-state index is 13.8. The monoisotopic (exact) mass is 436 g/mol. The van der Waals surface area contributed by atoms with Gasteiger partial charge in [0.1, 0.15) is 0 Å². The summed E-state index contributed by atoms with van der Waals surface area (Å²) < 4.78 is 72.9. The Labute approximate surface area is 168 Å². The van der Waals surface area contributed by atoms with Crippen molar-refractivity contribution >= 4 is 31.4 Å². The fourth-order valence-corrected chi connectivity index (χ4v) is 4.58. The highest BCUT2D eigenvalue weighted by Gasteiger charge is 2.18. The second kappa shape index (κ2) is 8.10. The highest BCUT2D eigenvalue weighted by atomic mass is 32.2. The van der Waals surface area contributed by atoms with E-state index in [0.29, 0.717) is 5.69 Å². The van der Waals surface area contributed by atoms with Crippen molar-refractivity contribution in [3.05, 3.63) is 78.6 Å². The molecule has 0 aliphatic heterocycles. The first-order valence-electron chi connectivity index (χ1n) is 8.25. The van der Waals surface area contributed by atoms with Crippen molar-refractivity contribution in [3.8, 4) is 5.75 Å². The van der Waals surface area contributed by atoms with Crippen LogP contribution in [0.15, 0.2) is 82.6 Å². The summed E-state index contributed by atoms with van der Waals surface area (Å²) in [5.41, 5.74) is 0.527. The molecule has 3 rings (SSSR count). The molecule has 0 bridgehead atoms. The van der Waals surface area contributed by atoms with Crippen molar-refractivity contribution in [2.24, 2.45) is 0 Å². The van der Waals surface area contributed by atoms with Gasteiger partial charge in [-0.05, 0) is 54.6 Å². The average Bonchev–Trinajstić information content (AvgIpc) is 2.68. The molecule has 0 saturated heterocycles. The van der Waals surface area contributed by atoms with Crippen LogP contribution in [0.3, 0.4) is 0 Å². The lowest BCUT2D eigenvalue weighted by Gasteiger charge is -2.11. The Hall–Kier alpha value is -3.11. The van der Waals surface area contributed by atoms with Crippen LogP contribution in [0.5, 0.6) is 5.75 Å². The molecule has 0 heterocycles. The summed E-state index contributed by atoms with van der Waals surface area (Å²) in [6, 6.07) is 16.7. The predicted molar refractivity (Wildman–Crippen MR) is 107 cm³/mol. The SMILES string of the molecule is COc1ccc(S(=O)(=O)Nc2ccc(S(=O)(=O)Nc3ccccc3)cc2)cc1F. The molecular formula is C19H17FN2O5S2. The van der Waals surface area contributed by atoms with E-state index in [2.05, 4.69) is 9.44 Å². The van der Waals surface area contributed by atoms with Crippen LogP contribution < -0.4 is 14.2 Å². The molecule has 0 radical (unpaired) electrons. The van der Waals surface area contributed by atoms with E-state index in [1.807, 2.05) is 0 Å². The molecule has 0 atom stereocenters. The molecule has 29 heavy (non-hydrogen) atoms. The van der Waals surface area contributed by atoms with Crippen molar-refractivity contribution in [3.63, 3.8) is 0 Å². The molecule has 7 nitrogen and oxygen atoms in total. The Morgan fingerprint density at radius 3 is 1.79 bits per heavy atom. The van der Waals surface area contributed by atoms with Crippen LogP contribution in [0.25, 0.3) is 0 Å². The molecule has 0 aromatic heterocycles. The Morgan fingerprint density at radius 1 is 0.724 bits per heavy atom. The number of nitrogens with one attached hydrogen (secondary N) is 2. The Kier molecular flexibility index (Phi) is 5.76. The summed E-state index contributed by atoms with van der Waals surface area (Å²) in [5.74, 6) is -0.895. The van der Waals surface area contributed by atoms with E-state index < -0.39 is 25.9 Å². The van der Waals surface area contributed by atoms with Gasteiger partial charge in [0.05, 0.1) is 16.9 Å². The highest BCUT2D eigenvalue weighted by Crippen LogP contribution is 2.24. The van der Waals surface area contributed by atoms with Crippen LogP contribution in [0.4, 0.5) is 15.8 Å². The van der Waals surface area contributed by atoms with Gasteiger partial charge < -0.3 is 4.74 Å². The minimum atomic E-state index is -4.07. The van der Waals surface area contributed by atoms with E-state index in [0.717, 1.165) is 6.07 Å². The summed E-state index contributed by atoms with van der Waals surface area (Å²) >= 11 is 0. The molecular weight excluding hydrogens is 419 g/mol. The molecule has 0 amide bonds. The van der Waals surface area contributed by atoms with E-state index in [-0.39, 0.29) is 21.2 Å². The number of rotatable bonds is 7. The maximum Gasteiger partial charge on any atom is 0.262 e. The normalized spacial score (nSPS) is 11.7.